The Morgan fingerprint density at radius 3 is 2.42 bits per heavy atom. The van der Waals surface area contributed by atoms with Gasteiger partial charge in [-0.05, 0) is 72.0 Å². The van der Waals surface area contributed by atoms with Gasteiger partial charge in [0.05, 0.1) is 12.6 Å². The Hall–Kier alpha value is -4.50. The summed E-state index contributed by atoms with van der Waals surface area (Å²) in [5.41, 5.74) is 3.59. The fraction of sp³-hybridized carbons (Fsp3) is 0.250. The molecule has 8 nitrogen and oxygen atoms in total. The average molecular weight is 623 g/mol. The average Bonchev–Trinajstić information content (AvgIpc) is 3.58. The summed E-state index contributed by atoms with van der Waals surface area (Å²) in [6.45, 7) is 4.53. The highest BCUT2D eigenvalue weighted by Gasteiger charge is 2.23. The molecular formula is C36H39ClN6O2. The lowest BCUT2D eigenvalue weighted by molar-refractivity contribution is -0.123. The maximum Gasteiger partial charge on any atom is 0.251 e. The van der Waals surface area contributed by atoms with E-state index in [1.165, 1.54) is 0 Å². The Balaban J connectivity index is 1.21. The Labute approximate surface area is 269 Å². The summed E-state index contributed by atoms with van der Waals surface area (Å²) in [6.07, 6.45) is 4.68. The van der Waals surface area contributed by atoms with Crippen molar-refractivity contribution in [3.05, 3.63) is 136 Å². The number of imidazole rings is 1. The molecule has 4 aromatic carbocycles. The molecule has 5 N–H and O–H groups in total. The number of aromatic nitrogens is 2. The van der Waals surface area contributed by atoms with Gasteiger partial charge in [0, 0.05) is 36.1 Å². The molecule has 0 radical (unpaired) electrons. The maximum absolute atomic E-state index is 13.6. The summed E-state index contributed by atoms with van der Waals surface area (Å²) >= 11 is 6.29. The van der Waals surface area contributed by atoms with Crippen molar-refractivity contribution in [1.29, 1.82) is 0 Å². The number of fused-ring (bicyclic) bond motifs is 1. The number of hydrogen-bond acceptors (Lipinski definition) is 5. The van der Waals surface area contributed by atoms with Crippen molar-refractivity contribution in [2.24, 2.45) is 0 Å². The number of hydrogen-bond donors (Lipinski definition) is 5. The van der Waals surface area contributed by atoms with Crippen molar-refractivity contribution in [3.8, 4) is 0 Å². The maximum atomic E-state index is 13.6. The Morgan fingerprint density at radius 1 is 0.844 bits per heavy atom. The number of aromatic amines is 1. The van der Waals surface area contributed by atoms with Gasteiger partial charge in [-0.15, -0.1) is 0 Å². The minimum Gasteiger partial charge on any atom is -0.348 e. The van der Waals surface area contributed by atoms with Crippen LogP contribution in [0.1, 0.15) is 58.7 Å². The lowest BCUT2D eigenvalue weighted by Gasteiger charge is -2.23. The van der Waals surface area contributed by atoms with Crippen LogP contribution in [-0.2, 0) is 24.4 Å². The molecule has 0 aliphatic carbocycles. The number of benzene rings is 4. The van der Waals surface area contributed by atoms with E-state index < -0.39 is 6.04 Å². The normalized spacial score (nSPS) is 12.5. The summed E-state index contributed by atoms with van der Waals surface area (Å²) in [5.74, 6) is 0.366. The van der Waals surface area contributed by atoms with Gasteiger partial charge >= 0.3 is 0 Å². The molecule has 0 aliphatic rings. The molecule has 2 amide bonds. The van der Waals surface area contributed by atoms with Gasteiger partial charge in [0.25, 0.3) is 5.91 Å². The lowest BCUT2D eigenvalue weighted by Crippen LogP contribution is -2.47. The van der Waals surface area contributed by atoms with Crippen molar-refractivity contribution in [3.63, 3.8) is 0 Å². The largest absolute Gasteiger partial charge is 0.348 e. The zero-order valence-electron chi connectivity index (χ0n) is 25.4. The summed E-state index contributed by atoms with van der Waals surface area (Å²) in [4.78, 5) is 34.3. The van der Waals surface area contributed by atoms with Gasteiger partial charge in [0.2, 0.25) is 5.91 Å². The molecule has 0 spiro atoms. The number of amides is 2. The summed E-state index contributed by atoms with van der Waals surface area (Å²) in [7, 11) is 0. The van der Waals surface area contributed by atoms with Gasteiger partial charge in [0.1, 0.15) is 11.9 Å². The van der Waals surface area contributed by atoms with Crippen LogP contribution in [0.5, 0.6) is 0 Å². The fourth-order valence-corrected chi connectivity index (χ4v) is 5.52. The smallest absolute Gasteiger partial charge is 0.251 e. The van der Waals surface area contributed by atoms with E-state index in [-0.39, 0.29) is 17.9 Å². The fourth-order valence-electron chi connectivity index (χ4n) is 5.32. The van der Waals surface area contributed by atoms with E-state index in [2.05, 4.69) is 49.4 Å². The lowest BCUT2D eigenvalue weighted by atomic mass is 9.99. The highest BCUT2D eigenvalue weighted by molar-refractivity contribution is 6.31. The van der Waals surface area contributed by atoms with E-state index in [0.717, 1.165) is 38.3 Å². The first kappa shape index (κ1) is 31.9. The van der Waals surface area contributed by atoms with Crippen LogP contribution in [0.15, 0.2) is 103 Å². The van der Waals surface area contributed by atoms with Crippen LogP contribution in [0.3, 0.4) is 0 Å². The molecule has 1 aromatic heterocycles. The SMILES string of the molecule is C[C@H](NC(=O)[C@H](CCCNCc1ccccc1Cl)NC(=O)c1ccc(CNCc2ncc[nH]2)cc1)c1cccc2ccccc12. The van der Waals surface area contributed by atoms with E-state index in [0.29, 0.717) is 44.6 Å². The number of carbonyl (C=O) groups is 2. The molecule has 5 rings (SSSR count). The Kier molecular flexibility index (Phi) is 11.3. The van der Waals surface area contributed by atoms with Gasteiger partial charge in [0.15, 0.2) is 0 Å². The van der Waals surface area contributed by atoms with Crippen molar-refractivity contribution >= 4 is 34.2 Å². The van der Waals surface area contributed by atoms with Crippen LogP contribution in [0, 0.1) is 0 Å². The van der Waals surface area contributed by atoms with Crippen molar-refractivity contribution in [2.45, 2.75) is 51.5 Å². The van der Waals surface area contributed by atoms with Gasteiger partial charge in [-0.25, -0.2) is 4.98 Å². The van der Waals surface area contributed by atoms with Gasteiger partial charge in [-0.1, -0.05) is 84.4 Å². The van der Waals surface area contributed by atoms with Gasteiger partial charge in [-0.2, -0.15) is 0 Å². The molecule has 0 bridgehead atoms. The highest BCUT2D eigenvalue weighted by Crippen LogP contribution is 2.24. The monoisotopic (exact) mass is 622 g/mol. The summed E-state index contributed by atoms with van der Waals surface area (Å²) in [5, 5.41) is 15.8. The van der Waals surface area contributed by atoms with Crippen LogP contribution in [-0.4, -0.2) is 34.4 Å². The van der Waals surface area contributed by atoms with Crippen molar-refractivity contribution < 1.29 is 9.59 Å². The third kappa shape index (κ3) is 9.01. The number of nitrogens with one attached hydrogen (secondary N) is 5. The molecule has 0 saturated heterocycles. The standard InChI is InChI=1S/C36H39ClN6O2/c1-25(30-12-6-10-27-8-2-4-11-31(27)30)42-36(45)33(14-7-19-38-23-29-9-3-5-13-32(29)37)43-35(44)28-17-15-26(16-18-28)22-39-24-34-40-20-21-41-34/h2-6,8-13,15-18,20-21,25,33,38-39H,7,14,19,22-24H2,1H3,(H,40,41)(H,42,45)(H,43,44)/t25-,33-/m0/s1. The van der Waals surface area contributed by atoms with Crippen LogP contribution < -0.4 is 21.3 Å². The molecule has 0 aliphatic heterocycles. The predicted octanol–water partition coefficient (Wildman–Crippen LogP) is 6.05. The zero-order valence-corrected chi connectivity index (χ0v) is 26.1. The molecule has 5 aromatic rings. The molecular weight excluding hydrogens is 584 g/mol. The molecule has 2 atom stereocenters. The van der Waals surface area contributed by atoms with Crippen LogP contribution in [0.2, 0.25) is 5.02 Å². The van der Waals surface area contributed by atoms with E-state index in [9.17, 15) is 9.59 Å². The molecule has 232 valence electrons. The van der Waals surface area contributed by atoms with Gasteiger partial charge < -0.3 is 26.3 Å². The van der Waals surface area contributed by atoms with Crippen molar-refractivity contribution in [2.75, 3.05) is 6.54 Å². The van der Waals surface area contributed by atoms with E-state index in [4.69, 9.17) is 11.6 Å². The summed E-state index contributed by atoms with van der Waals surface area (Å²) < 4.78 is 0. The zero-order chi connectivity index (χ0) is 31.4. The molecule has 45 heavy (non-hydrogen) atoms. The topological polar surface area (TPSA) is 111 Å². The Morgan fingerprint density at radius 2 is 1.62 bits per heavy atom. The molecule has 0 unspecified atom stereocenters. The first-order valence-corrected chi connectivity index (χ1v) is 15.7. The van der Waals surface area contributed by atoms with E-state index in [1.807, 2.05) is 67.6 Å². The molecule has 0 saturated carbocycles. The third-order valence-corrected chi connectivity index (χ3v) is 8.15. The first-order valence-electron chi connectivity index (χ1n) is 15.3. The van der Waals surface area contributed by atoms with Crippen LogP contribution in [0.4, 0.5) is 0 Å². The van der Waals surface area contributed by atoms with Crippen LogP contribution in [0.25, 0.3) is 10.8 Å². The van der Waals surface area contributed by atoms with Crippen molar-refractivity contribution in [1.82, 2.24) is 31.2 Å². The number of rotatable bonds is 15. The second kappa shape index (κ2) is 16.0. The Bertz CT molecular complexity index is 1680. The van der Waals surface area contributed by atoms with E-state index in [1.54, 1.807) is 24.5 Å². The third-order valence-electron chi connectivity index (χ3n) is 7.78. The van der Waals surface area contributed by atoms with Gasteiger partial charge in [-0.3, -0.25) is 9.59 Å². The minimum absolute atomic E-state index is 0.214. The van der Waals surface area contributed by atoms with Crippen LogP contribution >= 0.6 is 11.6 Å². The minimum atomic E-state index is -0.702. The second-order valence-corrected chi connectivity index (χ2v) is 11.5. The first-order chi connectivity index (χ1) is 22.0. The highest BCUT2D eigenvalue weighted by atomic mass is 35.5. The second-order valence-electron chi connectivity index (χ2n) is 11.1. The predicted molar refractivity (Wildman–Crippen MR) is 180 cm³/mol. The summed E-state index contributed by atoms with van der Waals surface area (Å²) in [6, 6.07) is 28.4. The van der Waals surface area contributed by atoms with E-state index >= 15 is 0 Å². The number of carbonyl (C=O) groups excluding carboxylic acids is 2. The molecule has 9 heteroatoms. The quantitative estimate of drug-likeness (QED) is 0.0913. The molecule has 0 fully saturated rings. The number of H-pyrrole nitrogens is 1. The molecule has 1 heterocycles. The number of halogens is 1. The number of nitrogens with zero attached hydrogens (tertiary/aromatic N) is 1.